The SMILES string of the molecule is CCC1CCC(Nc2nc(C)ns2)(C(=O)O)CC1. The van der Waals surface area contributed by atoms with E-state index in [4.69, 9.17) is 0 Å². The highest BCUT2D eigenvalue weighted by Gasteiger charge is 2.42. The molecule has 0 saturated heterocycles. The third kappa shape index (κ3) is 2.63. The molecule has 1 aromatic heterocycles. The van der Waals surface area contributed by atoms with Gasteiger partial charge in [0.25, 0.3) is 0 Å². The van der Waals surface area contributed by atoms with Gasteiger partial charge < -0.3 is 10.4 Å². The molecule has 0 aromatic carbocycles. The molecule has 1 saturated carbocycles. The van der Waals surface area contributed by atoms with Crippen LogP contribution in [0.25, 0.3) is 0 Å². The van der Waals surface area contributed by atoms with Crippen LogP contribution in [0.1, 0.15) is 44.9 Å². The zero-order valence-corrected chi connectivity index (χ0v) is 11.6. The molecule has 0 bridgehead atoms. The predicted octanol–water partition coefficient (Wildman–Crippen LogP) is 2.68. The van der Waals surface area contributed by atoms with E-state index in [1.54, 1.807) is 0 Å². The number of aryl methyl sites for hydroxylation is 1. The van der Waals surface area contributed by atoms with Crippen molar-refractivity contribution in [3.63, 3.8) is 0 Å². The maximum absolute atomic E-state index is 11.6. The highest BCUT2D eigenvalue weighted by Crippen LogP contribution is 2.36. The van der Waals surface area contributed by atoms with Gasteiger partial charge >= 0.3 is 5.97 Å². The normalized spacial score (nSPS) is 28.0. The first-order valence-corrected chi connectivity index (χ1v) is 7.15. The number of aliphatic carboxylic acids is 1. The van der Waals surface area contributed by atoms with Gasteiger partial charge in [-0.1, -0.05) is 13.3 Å². The lowest BCUT2D eigenvalue weighted by Gasteiger charge is -2.37. The van der Waals surface area contributed by atoms with E-state index in [1.165, 1.54) is 11.5 Å². The van der Waals surface area contributed by atoms with Gasteiger partial charge in [-0.15, -0.1) is 0 Å². The Morgan fingerprint density at radius 1 is 1.56 bits per heavy atom. The second kappa shape index (κ2) is 5.22. The minimum Gasteiger partial charge on any atom is -0.480 e. The van der Waals surface area contributed by atoms with Crippen LogP contribution in [0.4, 0.5) is 5.13 Å². The highest BCUT2D eigenvalue weighted by molar-refractivity contribution is 7.09. The lowest BCUT2D eigenvalue weighted by atomic mass is 9.75. The molecule has 0 radical (unpaired) electrons. The summed E-state index contributed by atoms with van der Waals surface area (Å²) in [5, 5.41) is 13.2. The molecule has 1 aromatic rings. The molecule has 6 heteroatoms. The van der Waals surface area contributed by atoms with Crippen LogP contribution in [0.2, 0.25) is 0 Å². The zero-order chi connectivity index (χ0) is 13.2. The van der Waals surface area contributed by atoms with Crippen LogP contribution in [0.5, 0.6) is 0 Å². The minimum absolute atomic E-state index is 0.616. The highest BCUT2D eigenvalue weighted by atomic mass is 32.1. The van der Waals surface area contributed by atoms with Crippen LogP contribution in [-0.2, 0) is 4.79 Å². The van der Waals surface area contributed by atoms with Crippen molar-refractivity contribution in [1.82, 2.24) is 9.36 Å². The van der Waals surface area contributed by atoms with Crippen molar-refractivity contribution in [3.05, 3.63) is 5.82 Å². The van der Waals surface area contributed by atoms with Crippen LogP contribution >= 0.6 is 11.5 Å². The number of carbonyl (C=O) groups is 1. The molecule has 2 rings (SSSR count). The molecule has 1 heterocycles. The fourth-order valence-corrected chi connectivity index (χ4v) is 3.20. The monoisotopic (exact) mass is 269 g/mol. The van der Waals surface area contributed by atoms with Crippen molar-refractivity contribution >= 4 is 22.6 Å². The molecule has 0 amide bonds. The van der Waals surface area contributed by atoms with Crippen molar-refractivity contribution in [2.45, 2.75) is 51.5 Å². The van der Waals surface area contributed by atoms with Gasteiger partial charge in [-0.05, 0) is 38.5 Å². The van der Waals surface area contributed by atoms with Crippen LogP contribution in [0.3, 0.4) is 0 Å². The molecule has 5 nitrogen and oxygen atoms in total. The standard InChI is InChI=1S/C12H19N3O2S/c1-3-9-4-6-12(7-5-9,10(16)17)14-11-13-8(2)15-18-11/h9H,3-7H2,1-2H3,(H,16,17)(H,13,14,15). The van der Waals surface area contributed by atoms with Gasteiger partial charge in [0.2, 0.25) is 5.13 Å². The second-order valence-corrected chi connectivity index (χ2v) is 5.76. The number of nitrogens with one attached hydrogen (secondary N) is 1. The Labute approximate surface area is 111 Å². The minimum atomic E-state index is -0.850. The summed E-state index contributed by atoms with van der Waals surface area (Å²) in [5.74, 6) is 0.575. The summed E-state index contributed by atoms with van der Waals surface area (Å²) < 4.78 is 4.08. The summed E-state index contributed by atoms with van der Waals surface area (Å²) in [6.07, 6.45) is 4.40. The molecular weight excluding hydrogens is 250 g/mol. The van der Waals surface area contributed by atoms with Gasteiger partial charge in [0.05, 0.1) is 0 Å². The van der Waals surface area contributed by atoms with E-state index >= 15 is 0 Å². The summed E-state index contributed by atoms with van der Waals surface area (Å²) >= 11 is 1.23. The molecular formula is C12H19N3O2S. The Morgan fingerprint density at radius 3 is 2.67 bits per heavy atom. The van der Waals surface area contributed by atoms with E-state index in [9.17, 15) is 9.90 Å². The first-order valence-electron chi connectivity index (χ1n) is 6.37. The Balaban J connectivity index is 2.11. The van der Waals surface area contributed by atoms with Crippen LogP contribution in [0.15, 0.2) is 0 Å². The Morgan fingerprint density at radius 2 is 2.22 bits per heavy atom. The quantitative estimate of drug-likeness (QED) is 0.879. The first kappa shape index (κ1) is 13.3. The van der Waals surface area contributed by atoms with Gasteiger partial charge in [-0.2, -0.15) is 4.37 Å². The van der Waals surface area contributed by atoms with Gasteiger partial charge in [-0.3, -0.25) is 0 Å². The van der Waals surface area contributed by atoms with Crippen LogP contribution < -0.4 is 5.32 Å². The fraction of sp³-hybridized carbons (Fsp3) is 0.750. The number of anilines is 1. The third-order valence-corrected chi connectivity index (χ3v) is 4.54. The molecule has 1 aliphatic carbocycles. The van der Waals surface area contributed by atoms with Crippen molar-refractivity contribution < 1.29 is 9.90 Å². The molecule has 0 spiro atoms. The van der Waals surface area contributed by atoms with E-state index in [2.05, 4.69) is 21.6 Å². The number of nitrogens with zero attached hydrogens (tertiary/aromatic N) is 2. The summed E-state index contributed by atoms with van der Waals surface area (Å²) in [6.45, 7) is 3.98. The number of aromatic nitrogens is 2. The molecule has 1 fully saturated rings. The smallest absolute Gasteiger partial charge is 0.329 e. The molecule has 0 unspecified atom stereocenters. The number of rotatable bonds is 4. The number of hydrogen-bond acceptors (Lipinski definition) is 5. The lowest BCUT2D eigenvalue weighted by molar-refractivity contribution is -0.143. The van der Waals surface area contributed by atoms with Gasteiger partial charge in [0.1, 0.15) is 11.4 Å². The van der Waals surface area contributed by atoms with Gasteiger partial charge in [0, 0.05) is 11.5 Å². The number of hydrogen-bond donors (Lipinski definition) is 2. The van der Waals surface area contributed by atoms with Crippen molar-refractivity contribution in [3.8, 4) is 0 Å². The zero-order valence-electron chi connectivity index (χ0n) is 10.8. The summed E-state index contributed by atoms with van der Waals surface area (Å²) in [7, 11) is 0. The molecule has 1 aliphatic rings. The third-order valence-electron chi connectivity index (χ3n) is 3.82. The molecule has 100 valence electrons. The molecule has 2 N–H and O–H groups in total. The molecule has 18 heavy (non-hydrogen) atoms. The first-order chi connectivity index (χ1) is 8.55. The predicted molar refractivity (Wildman–Crippen MR) is 70.9 cm³/mol. The van der Waals surface area contributed by atoms with Gasteiger partial charge in [-0.25, -0.2) is 9.78 Å². The van der Waals surface area contributed by atoms with Crippen molar-refractivity contribution in [1.29, 1.82) is 0 Å². The van der Waals surface area contributed by atoms with Crippen LogP contribution in [0, 0.1) is 12.8 Å². The maximum Gasteiger partial charge on any atom is 0.329 e. The van der Waals surface area contributed by atoms with E-state index < -0.39 is 11.5 Å². The van der Waals surface area contributed by atoms with Gasteiger partial charge in [0.15, 0.2) is 0 Å². The molecule has 0 aliphatic heterocycles. The average Bonchev–Trinajstić information content (AvgIpc) is 2.75. The number of carboxylic acid groups (broad SMARTS) is 1. The van der Waals surface area contributed by atoms with Crippen molar-refractivity contribution in [2.75, 3.05) is 5.32 Å². The fourth-order valence-electron chi connectivity index (χ4n) is 2.52. The summed E-state index contributed by atoms with van der Waals surface area (Å²) in [6, 6.07) is 0. The molecule has 0 atom stereocenters. The van der Waals surface area contributed by atoms with E-state index in [0.717, 1.165) is 19.3 Å². The summed E-state index contributed by atoms with van der Waals surface area (Å²) in [4.78, 5) is 15.8. The maximum atomic E-state index is 11.6. The van der Waals surface area contributed by atoms with E-state index in [1.807, 2.05) is 6.92 Å². The Kier molecular flexibility index (Phi) is 3.85. The Bertz CT molecular complexity index is 425. The average molecular weight is 269 g/mol. The lowest BCUT2D eigenvalue weighted by Crippen LogP contribution is -2.49. The summed E-state index contributed by atoms with van der Waals surface area (Å²) in [5.41, 5.74) is -0.850. The largest absolute Gasteiger partial charge is 0.480 e. The topological polar surface area (TPSA) is 75.1 Å². The van der Waals surface area contributed by atoms with Crippen LogP contribution in [-0.4, -0.2) is 26.0 Å². The van der Waals surface area contributed by atoms with E-state index in [-0.39, 0.29) is 0 Å². The van der Waals surface area contributed by atoms with E-state index in [0.29, 0.717) is 29.7 Å². The number of carboxylic acids is 1. The van der Waals surface area contributed by atoms with Crippen molar-refractivity contribution in [2.24, 2.45) is 5.92 Å². The second-order valence-electron chi connectivity index (χ2n) is 5.01. The Hall–Kier alpha value is -1.17.